The van der Waals surface area contributed by atoms with Crippen LogP contribution in [0.1, 0.15) is 30.7 Å². The second-order valence-electron chi connectivity index (χ2n) is 4.29. The Kier molecular flexibility index (Phi) is 4.73. The molecule has 0 radical (unpaired) electrons. The van der Waals surface area contributed by atoms with E-state index < -0.39 is 23.5 Å². The lowest BCUT2D eigenvalue weighted by Crippen LogP contribution is -2.24. The van der Waals surface area contributed by atoms with Gasteiger partial charge in [-0.05, 0) is 42.8 Å². The summed E-state index contributed by atoms with van der Waals surface area (Å²) >= 11 is 5.70. The summed E-state index contributed by atoms with van der Waals surface area (Å²) in [5.41, 5.74) is -0.0247. The Balaban J connectivity index is 2.43. The zero-order chi connectivity index (χ0) is 14.7. The standard InChI is InChI=1S/C14H13ClF3NO/c1-2-7-19-14(10-5-6-11(15)20-10)8-3-4-9(16)13(18)12(8)17/h3-6,14,19H,2,7H2,1H3. The first-order valence-electron chi connectivity index (χ1n) is 6.16. The van der Waals surface area contributed by atoms with Gasteiger partial charge in [0.15, 0.2) is 22.7 Å². The van der Waals surface area contributed by atoms with Crippen LogP contribution in [0.15, 0.2) is 28.7 Å². The number of hydrogen-bond acceptors (Lipinski definition) is 2. The van der Waals surface area contributed by atoms with Crippen LogP contribution in [0.25, 0.3) is 0 Å². The predicted octanol–water partition coefficient (Wildman–Crippen LogP) is 4.44. The maximum Gasteiger partial charge on any atom is 0.194 e. The molecule has 1 aromatic carbocycles. The first-order chi connectivity index (χ1) is 9.54. The average Bonchev–Trinajstić information content (AvgIpc) is 2.85. The van der Waals surface area contributed by atoms with Crippen molar-refractivity contribution in [3.05, 3.63) is 58.3 Å². The molecule has 0 amide bonds. The highest BCUT2D eigenvalue weighted by molar-refractivity contribution is 6.28. The molecule has 6 heteroatoms. The summed E-state index contributed by atoms with van der Waals surface area (Å²) in [5, 5.41) is 3.17. The van der Waals surface area contributed by atoms with Gasteiger partial charge in [-0.3, -0.25) is 0 Å². The molecule has 2 rings (SSSR count). The number of nitrogens with one attached hydrogen (secondary N) is 1. The van der Waals surface area contributed by atoms with E-state index in [9.17, 15) is 13.2 Å². The third-order valence-corrected chi connectivity index (χ3v) is 3.06. The predicted molar refractivity (Wildman–Crippen MR) is 70.2 cm³/mol. The van der Waals surface area contributed by atoms with Gasteiger partial charge < -0.3 is 9.73 Å². The third kappa shape index (κ3) is 2.99. The van der Waals surface area contributed by atoms with Crippen molar-refractivity contribution in [1.29, 1.82) is 0 Å². The van der Waals surface area contributed by atoms with E-state index in [1.54, 1.807) is 6.07 Å². The Bertz CT molecular complexity index is 600. The fourth-order valence-electron chi connectivity index (χ4n) is 1.90. The Morgan fingerprint density at radius 3 is 2.50 bits per heavy atom. The van der Waals surface area contributed by atoms with Crippen molar-refractivity contribution in [1.82, 2.24) is 5.32 Å². The van der Waals surface area contributed by atoms with Crippen molar-refractivity contribution in [2.45, 2.75) is 19.4 Å². The van der Waals surface area contributed by atoms with Crippen LogP contribution in [0.2, 0.25) is 5.22 Å². The summed E-state index contributed by atoms with van der Waals surface area (Å²) in [6, 6.07) is 4.43. The maximum absolute atomic E-state index is 13.9. The van der Waals surface area contributed by atoms with Crippen LogP contribution in [-0.2, 0) is 0 Å². The van der Waals surface area contributed by atoms with Crippen LogP contribution in [0.4, 0.5) is 13.2 Å². The molecule has 20 heavy (non-hydrogen) atoms. The van der Waals surface area contributed by atoms with Gasteiger partial charge in [-0.15, -0.1) is 0 Å². The summed E-state index contributed by atoms with van der Waals surface area (Å²) < 4.78 is 45.5. The van der Waals surface area contributed by atoms with E-state index in [1.807, 2.05) is 6.92 Å². The third-order valence-electron chi connectivity index (χ3n) is 2.85. The van der Waals surface area contributed by atoms with Crippen LogP contribution < -0.4 is 5.32 Å². The highest BCUT2D eigenvalue weighted by Gasteiger charge is 2.24. The monoisotopic (exact) mass is 303 g/mol. The number of furan rings is 1. The zero-order valence-corrected chi connectivity index (χ0v) is 11.5. The molecule has 0 saturated carbocycles. The number of hydrogen-bond donors (Lipinski definition) is 1. The average molecular weight is 304 g/mol. The van der Waals surface area contributed by atoms with Crippen molar-refractivity contribution in [3.63, 3.8) is 0 Å². The zero-order valence-electron chi connectivity index (χ0n) is 10.7. The van der Waals surface area contributed by atoms with E-state index in [-0.39, 0.29) is 10.8 Å². The van der Waals surface area contributed by atoms with Crippen molar-refractivity contribution in [2.24, 2.45) is 0 Å². The second-order valence-corrected chi connectivity index (χ2v) is 4.67. The summed E-state index contributed by atoms with van der Waals surface area (Å²) in [7, 11) is 0. The molecule has 0 bridgehead atoms. The second kappa shape index (κ2) is 6.33. The summed E-state index contributed by atoms with van der Waals surface area (Å²) in [6.07, 6.45) is 0.788. The lowest BCUT2D eigenvalue weighted by molar-refractivity contribution is 0.410. The molecule has 1 atom stereocenters. The smallest absolute Gasteiger partial charge is 0.194 e. The molecule has 1 unspecified atom stereocenters. The Labute approximate surface area is 119 Å². The van der Waals surface area contributed by atoms with Crippen molar-refractivity contribution >= 4 is 11.6 Å². The summed E-state index contributed by atoms with van der Waals surface area (Å²) in [6.45, 7) is 2.49. The van der Waals surface area contributed by atoms with E-state index in [1.165, 1.54) is 12.1 Å². The van der Waals surface area contributed by atoms with Gasteiger partial charge in [0.2, 0.25) is 0 Å². The molecule has 0 aliphatic rings. The SMILES string of the molecule is CCCNC(c1ccc(Cl)o1)c1ccc(F)c(F)c1F. The Hall–Kier alpha value is -1.46. The lowest BCUT2D eigenvalue weighted by atomic mass is 10.0. The molecule has 2 aromatic rings. The lowest BCUT2D eigenvalue weighted by Gasteiger charge is -2.17. The molecule has 108 valence electrons. The number of rotatable bonds is 5. The van der Waals surface area contributed by atoms with Crippen molar-refractivity contribution < 1.29 is 17.6 Å². The summed E-state index contributed by atoms with van der Waals surface area (Å²) in [4.78, 5) is 0. The van der Waals surface area contributed by atoms with Gasteiger partial charge in [-0.25, -0.2) is 13.2 Å². The minimum atomic E-state index is -1.50. The van der Waals surface area contributed by atoms with Crippen LogP contribution in [0.5, 0.6) is 0 Å². The van der Waals surface area contributed by atoms with Gasteiger partial charge >= 0.3 is 0 Å². The van der Waals surface area contributed by atoms with Crippen LogP contribution >= 0.6 is 11.6 Å². The fourth-order valence-corrected chi connectivity index (χ4v) is 2.05. The van der Waals surface area contributed by atoms with Gasteiger partial charge in [-0.2, -0.15) is 0 Å². The molecule has 0 fully saturated rings. The number of benzene rings is 1. The van der Waals surface area contributed by atoms with E-state index >= 15 is 0 Å². The molecule has 0 spiro atoms. The normalized spacial score (nSPS) is 12.7. The molecular formula is C14H13ClF3NO. The van der Waals surface area contributed by atoms with Gasteiger partial charge in [0.25, 0.3) is 0 Å². The van der Waals surface area contributed by atoms with Crippen molar-refractivity contribution in [3.8, 4) is 0 Å². The largest absolute Gasteiger partial charge is 0.448 e. The molecule has 1 aromatic heterocycles. The van der Waals surface area contributed by atoms with Crippen molar-refractivity contribution in [2.75, 3.05) is 6.54 Å². The minimum Gasteiger partial charge on any atom is -0.448 e. The van der Waals surface area contributed by atoms with E-state index in [0.29, 0.717) is 12.3 Å². The highest BCUT2D eigenvalue weighted by atomic mass is 35.5. The molecule has 1 N–H and O–H groups in total. The molecule has 1 heterocycles. The Morgan fingerprint density at radius 2 is 1.90 bits per heavy atom. The highest BCUT2D eigenvalue weighted by Crippen LogP contribution is 2.29. The van der Waals surface area contributed by atoms with Gasteiger partial charge in [0, 0.05) is 5.56 Å². The molecule has 0 saturated heterocycles. The van der Waals surface area contributed by atoms with Crippen LogP contribution in [0.3, 0.4) is 0 Å². The van der Waals surface area contributed by atoms with Gasteiger partial charge in [0.1, 0.15) is 5.76 Å². The molecule has 0 aliphatic carbocycles. The molecule has 2 nitrogen and oxygen atoms in total. The molecular weight excluding hydrogens is 291 g/mol. The topological polar surface area (TPSA) is 25.2 Å². The minimum absolute atomic E-state index is 0.0247. The van der Waals surface area contributed by atoms with Gasteiger partial charge in [-0.1, -0.05) is 13.0 Å². The van der Waals surface area contributed by atoms with E-state index in [4.69, 9.17) is 16.0 Å². The van der Waals surface area contributed by atoms with Crippen LogP contribution in [-0.4, -0.2) is 6.54 Å². The van der Waals surface area contributed by atoms with Crippen LogP contribution in [0, 0.1) is 17.5 Å². The fraction of sp³-hybridized carbons (Fsp3) is 0.286. The molecule has 0 aliphatic heterocycles. The van der Waals surface area contributed by atoms with E-state index in [0.717, 1.165) is 12.5 Å². The van der Waals surface area contributed by atoms with E-state index in [2.05, 4.69) is 5.32 Å². The summed E-state index contributed by atoms with van der Waals surface area (Å²) in [5.74, 6) is -3.61. The number of halogens is 4. The quantitative estimate of drug-likeness (QED) is 0.826. The first-order valence-corrected chi connectivity index (χ1v) is 6.54. The first kappa shape index (κ1) is 14.9. The maximum atomic E-state index is 13.9. The van der Waals surface area contributed by atoms with Gasteiger partial charge in [0.05, 0.1) is 6.04 Å². The Morgan fingerprint density at radius 1 is 1.15 bits per heavy atom.